The highest BCUT2D eigenvalue weighted by Gasteiger charge is 2.31. The molecule has 0 saturated heterocycles. The summed E-state index contributed by atoms with van der Waals surface area (Å²) in [5.41, 5.74) is 0.824. The van der Waals surface area contributed by atoms with Crippen molar-refractivity contribution in [3.8, 4) is 0 Å². The highest BCUT2D eigenvalue weighted by molar-refractivity contribution is 5.35. The van der Waals surface area contributed by atoms with Crippen LogP contribution in [-0.4, -0.2) is 19.8 Å². The fourth-order valence-electron chi connectivity index (χ4n) is 2.20. The summed E-state index contributed by atoms with van der Waals surface area (Å²) in [4.78, 5) is 0. The van der Waals surface area contributed by atoms with Gasteiger partial charge in [0.2, 0.25) is 0 Å². The zero-order chi connectivity index (χ0) is 14.6. The number of hydrogen-bond acceptors (Lipinski definition) is 2. The molecule has 0 amide bonds. The van der Waals surface area contributed by atoms with Crippen LogP contribution in [0.4, 0.5) is 13.2 Å². The maximum Gasteiger partial charge on any atom is 0.416 e. The minimum Gasteiger partial charge on any atom is -0.377 e. The summed E-state index contributed by atoms with van der Waals surface area (Å²) in [7, 11) is 1.78. The standard InChI is InChI=1S/C14H20F3NO/c1-5-19-10(3)13(18-4)12-7-6-11(8-9(12)2)14(15,16)17/h6-8,10,13,18H,5H2,1-4H3. The van der Waals surface area contributed by atoms with Gasteiger partial charge in [-0.1, -0.05) is 6.07 Å². The van der Waals surface area contributed by atoms with Crippen LogP contribution in [0.3, 0.4) is 0 Å². The molecule has 2 unspecified atom stereocenters. The molecular formula is C14H20F3NO. The zero-order valence-corrected chi connectivity index (χ0v) is 11.6. The van der Waals surface area contributed by atoms with E-state index in [2.05, 4.69) is 5.32 Å². The number of likely N-dealkylation sites (N-methyl/N-ethyl adjacent to an activating group) is 1. The first-order valence-corrected chi connectivity index (χ1v) is 6.27. The summed E-state index contributed by atoms with van der Waals surface area (Å²) < 4.78 is 43.4. The third-order valence-electron chi connectivity index (χ3n) is 3.14. The van der Waals surface area contributed by atoms with Gasteiger partial charge < -0.3 is 10.1 Å². The van der Waals surface area contributed by atoms with Crippen molar-refractivity contribution in [2.24, 2.45) is 0 Å². The van der Waals surface area contributed by atoms with Crippen LogP contribution in [0.15, 0.2) is 18.2 Å². The molecule has 0 aromatic heterocycles. The third-order valence-corrected chi connectivity index (χ3v) is 3.14. The molecule has 1 rings (SSSR count). The Balaban J connectivity index is 3.06. The number of halogens is 3. The number of benzene rings is 1. The predicted molar refractivity (Wildman–Crippen MR) is 69.1 cm³/mol. The van der Waals surface area contributed by atoms with E-state index in [0.717, 1.165) is 11.6 Å². The van der Waals surface area contributed by atoms with Crippen molar-refractivity contribution in [2.75, 3.05) is 13.7 Å². The molecule has 5 heteroatoms. The molecule has 108 valence electrons. The van der Waals surface area contributed by atoms with Gasteiger partial charge in [-0.25, -0.2) is 0 Å². The van der Waals surface area contributed by atoms with Gasteiger partial charge in [0.05, 0.1) is 17.7 Å². The van der Waals surface area contributed by atoms with Gasteiger partial charge in [0.15, 0.2) is 0 Å². The minimum atomic E-state index is -4.30. The van der Waals surface area contributed by atoms with Crippen LogP contribution >= 0.6 is 0 Å². The van der Waals surface area contributed by atoms with Gasteiger partial charge in [0, 0.05) is 6.61 Å². The lowest BCUT2D eigenvalue weighted by Gasteiger charge is -2.25. The van der Waals surface area contributed by atoms with E-state index in [4.69, 9.17) is 4.74 Å². The molecule has 0 aliphatic rings. The van der Waals surface area contributed by atoms with Crippen molar-refractivity contribution < 1.29 is 17.9 Å². The van der Waals surface area contributed by atoms with E-state index in [9.17, 15) is 13.2 Å². The van der Waals surface area contributed by atoms with Crippen LogP contribution in [0.5, 0.6) is 0 Å². The second-order valence-electron chi connectivity index (χ2n) is 4.50. The molecule has 1 aromatic rings. The van der Waals surface area contributed by atoms with Crippen molar-refractivity contribution in [1.29, 1.82) is 0 Å². The normalized spacial score (nSPS) is 15.3. The lowest BCUT2D eigenvalue weighted by atomic mass is 9.95. The van der Waals surface area contributed by atoms with Gasteiger partial charge >= 0.3 is 6.18 Å². The number of alkyl halides is 3. The van der Waals surface area contributed by atoms with E-state index < -0.39 is 11.7 Å². The molecule has 0 radical (unpaired) electrons. The summed E-state index contributed by atoms with van der Waals surface area (Å²) in [6, 6.07) is 3.70. The molecule has 0 fully saturated rings. The first-order chi connectivity index (χ1) is 8.81. The predicted octanol–water partition coefficient (Wildman–Crippen LogP) is 3.70. The summed E-state index contributed by atoms with van der Waals surface area (Å²) >= 11 is 0. The molecule has 1 N–H and O–H groups in total. The van der Waals surface area contributed by atoms with Crippen molar-refractivity contribution in [2.45, 2.75) is 39.1 Å². The second kappa shape index (κ2) is 6.39. The Morgan fingerprint density at radius 2 is 1.95 bits per heavy atom. The topological polar surface area (TPSA) is 21.3 Å². The largest absolute Gasteiger partial charge is 0.416 e. The van der Waals surface area contributed by atoms with Gasteiger partial charge in [-0.15, -0.1) is 0 Å². The summed E-state index contributed by atoms with van der Waals surface area (Å²) in [6.45, 7) is 6.05. The molecule has 0 aliphatic carbocycles. The molecule has 0 heterocycles. The van der Waals surface area contributed by atoms with E-state index >= 15 is 0 Å². The Labute approximate surface area is 112 Å². The van der Waals surface area contributed by atoms with E-state index in [1.54, 1.807) is 14.0 Å². The minimum absolute atomic E-state index is 0.106. The molecule has 0 saturated carbocycles. The fourth-order valence-corrected chi connectivity index (χ4v) is 2.20. The van der Waals surface area contributed by atoms with Crippen LogP contribution in [0.1, 0.15) is 36.6 Å². The molecule has 2 atom stereocenters. The smallest absolute Gasteiger partial charge is 0.377 e. The SMILES string of the molecule is CCOC(C)C(NC)c1ccc(C(F)(F)F)cc1C. The summed E-state index contributed by atoms with van der Waals surface area (Å²) in [5, 5.41) is 3.10. The molecule has 1 aromatic carbocycles. The van der Waals surface area contributed by atoms with Gasteiger partial charge in [-0.05, 0) is 51.1 Å². The van der Waals surface area contributed by atoms with Crippen molar-refractivity contribution in [1.82, 2.24) is 5.32 Å². The van der Waals surface area contributed by atoms with E-state index in [1.807, 2.05) is 13.8 Å². The van der Waals surface area contributed by atoms with Crippen molar-refractivity contribution in [3.05, 3.63) is 34.9 Å². The highest BCUT2D eigenvalue weighted by Crippen LogP contribution is 2.32. The van der Waals surface area contributed by atoms with Crippen LogP contribution in [-0.2, 0) is 10.9 Å². The van der Waals surface area contributed by atoms with Crippen LogP contribution < -0.4 is 5.32 Å². The Morgan fingerprint density at radius 1 is 1.32 bits per heavy atom. The Morgan fingerprint density at radius 3 is 2.37 bits per heavy atom. The van der Waals surface area contributed by atoms with Crippen molar-refractivity contribution in [3.63, 3.8) is 0 Å². The molecule has 0 bridgehead atoms. The first-order valence-electron chi connectivity index (χ1n) is 6.27. The summed E-state index contributed by atoms with van der Waals surface area (Å²) in [5.74, 6) is 0. The Bertz CT molecular complexity index is 418. The average molecular weight is 275 g/mol. The van der Waals surface area contributed by atoms with Crippen molar-refractivity contribution >= 4 is 0 Å². The molecule has 0 spiro atoms. The molecule has 2 nitrogen and oxygen atoms in total. The van der Waals surface area contributed by atoms with E-state index in [0.29, 0.717) is 12.2 Å². The quantitative estimate of drug-likeness (QED) is 0.884. The number of ether oxygens (including phenoxy) is 1. The summed E-state index contributed by atoms with van der Waals surface area (Å²) in [6.07, 6.45) is -4.41. The maximum absolute atomic E-state index is 12.6. The molecular weight excluding hydrogens is 255 g/mol. The van der Waals surface area contributed by atoms with Crippen LogP contribution in [0.25, 0.3) is 0 Å². The van der Waals surface area contributed by atoms with E-state index in [1.165, 1.54) is 12.1 Å². The average Bonchev–Trinajstić information content (AvgIpc) is 2.31. The second-order valence-corrected chi connectivity index (χ2v) is 4.50. The van der Waals surface area contributed by atoms with Gasteiger partial charge in [0.25, 0.3) is 0 Å². The highest BCUT2D eigenvalue weighted by atomic mass is 19.4. The Hall–Kier alpha value is -1.07. The number of nitrogens with one attached hydrogen (secondary N) is 1. The molecule has 19 heavy (non-hydrogen) atoms. The van der Waals surface area contributed by atoms with Crippen LogP contribution in [0, 0.1) is 6.92 Å². The number of rotatable bonds is 5. The maximum atomic E-state index is 12.6. The first kappa shape index (κ1) is 16.0. The number of hydrogen-bond donors (Lipinski definition) is 1. The van der Waals surface area contributed by atoms with Gasteiger partial charge in [0.1, 0.15) is 0 Å². The van der Waals surface area contributed by atoms with Gasteiger partial charge in [-0.3, -0.25) is 0 Å². The van der Waals surface area contributed by atoms with Gasteiger partial charge in [-0.2, -0.15) is 13.2 Å². The van der Waals surface area contributed by atoms with E-state index in [-0.39, 0.29) is 12.1 Å². The zero-order valence-electron chi connectivity index (χ0n) is 11.6. The fraction of sp³-hybridized carbons (Fsp3) is 0.571. The lowest BCUT2D eigenvalue weighted by molar-refractivity contribution is -0.137. The van der Waals surface area contributed by atoms with Crippen LogP contribution in [0.2, 0.25) is 0 Å². The Kier molecular flexibility index (Phi) is 5.38. The number of aryl methyl sites for hydroxylation is 1. The molecule has 0 aliphatic heterocycles. The monoisotopic (exact) mass is 275 g/mol. The lowest BCUT2D eigenvalue weighted by Crippen LogP contribution is -2.30. The third kappa shape index (κ3) is 3.94.